The Hall–Kier alpha value is -0.533. The fourth-order valence-electron chi connectivity index (χ4n) is 1.18. The van der Waals surface area contributed by atoms with E-state index in [1.165, 1.54) is 24.4 Å². The molecule has 75 valence electrons. The van der Waals surface area contributed by atoms with Crippen molar-refractivity contribution in [3.05, 3.63) is 41.6 Å². The zero-order valence-electron chi connectivity index (χ0n) is 8.54. The van der Waals surface area contributed by atoms with Crippen molar-refractivity contribution < 1.29 is 0 Å². The standard InChI is InChI=1S/C12H16ClSi/c1-2-3-10-14(13)11-9-12-7-5-4-6-8-12/h4-9,11H,2-3,10H2,1H3. The third-order valence-electron chi connectivity index (χ3n) is 2.03. The molecule has 0 atom stereocenters. The molecule has 0 aliphatic heterocycles. The molecular formula is C12H16ClSi. The molecule has 0 amide bonds. The highest BCUT2D eigenvalue weighted by atomic mass is 35.6. The van der Waals surface area contributed by atoms with Crippen LogP contribution in [0.1, 0.15) is 25.3 Å². The van der Waals surface area contributed by atoms with E-state index in [9.17, 15) is 0 Å². The quantitative estimate of drug-likeness (QED) is 0.517. The van der Waals surface area contributed by atoms with Crippen LogP contribution in [-0.4, -0.2) is 8.11 Å². The molecule has 0 spiro atoms. The molecule has 0 aromatic heterocycles. The van der Waals surface area contributed by atoms with Crippen molar-refractivity contribution in [1.29, 1.82) is 0 Å². The maximum absolute atomic E-state index is 6.22. The Balaban J connectivity index is 2.39. The van der Waals surface area contributed by atoms with Gasteiger partial charge in [-0.3, -0.25) is 0 Å². The molecule has 0 unspecified atom stereocenters. The van der Waals surface area contributed by atoms with Crippen molar-refractivity contribution in [2.75, 3.05) is 0 Å². The number of benzene rings is 1. The molecule has 14 heavy (non-hydrogen) atoms. The molecule has 0 aliphatic rings. The van der Waals surface area contributed by atoms with Gasteiger partial charge >= 0.3 is 0 Å². The summed E-state index contributed by atoms with van der Waals surface area (Å²) in [6.07, 6.45) is 4.62. The molecule has 0 nitrogen and oxygen atoms in total. The molecule has 1 radical (unpaired) electrons. The number of unbranched alkanes of at least 4 members (excludes halogenated alkanes) is 1. The highest BCUT2D eigenvalue weighted by Gasteiger charge is 2.01. The molecule has 2 heteroatoms. The zero-order chi connectivity index (χ0) is 10.2. The van der Waals surface area contributed by atoms with Crippen molar-refractivity contribution in [3.8, 4) is 0 Å². The highest BCUT2D eigenvalue weighted by molar-refractivity contribution is 7.10. The van der Waals surface area contributed by atoms with E-state index in [2.05, 4.69) is 30.8 Å². The Morgan fingerprint density at radius 1 is 1.29 bits per heavy atom. The average Bonchev–Trinajstić information content (AvgIpc) is 2.25. The first-order valence-corrected chi connectivity index (χ1v) is 7.87. The minimum atomic E-state index is -0.758. The van der Waals surface area contributed by atoms with Gasteiger partial charge in [-0.25, -0.2) is 0 Å². The Kier molecular flexibility index (Phi) is 5.65. The molecule has 0 heterocycles. The normalized spacial score (nSPS) is 11.4. The first kappa shape index (κ1) is 11.5. The van der Waals surface area contributed by atoms with Gasteiger partial charge in [0.25, 0.3) is 0 Å². The van der Waals surface area contributed by atoms with E-state index in [0.717, 1.165) is 0 Å². The summed E-state index contributed by atoms with van der Waals surface area (Å²) in [5.74, 6) is 0. The molecule has 0 fully saturated rings. The summed E-state index contributed by atoms with van der Waals surface area (Å²) in [4.78, 5) is 0. The second-order valence-electron chi connectivity index (χ2n) is 3.29. The molecule has 1 rings (SSSR count). The average molecular weight is 224 g/mol. The highest BCUT2D eigenvalue weighted by Crippen LogP contribution is 2.09. The van der Waals surface area contributed by atoms with Gasteiger partial charge in [-0.2, -0.15) is 11.1 Å². The van der Waals surface area contributed by atoms with Gasteiger partial charge in [0.15, 0.2) is 8.11 Å². The predicted molar refractivity (Wildman–Crippen MR) is 66.8 cm³/mol. The lowest BCUT2D eigenvalue weighted by atomic mass is 10.2. The monoisotopic (exact) mass is 223 g/mol. The minimum absolute atomic E-state index is 0.758. The fraction of sp³-hybridized carbons (Fsp3) is 0.333. The van der Waals surface area contributed by atoms with E-state index < -0.39 is 8.11 Å². The van der Waals surface area contributed by atoms with Crippen LogP contribution in [0, 0.1) is 0 Å². The van der Waals surface area contributed by atoms with E-state index in [1.54, 1.807) is 0 Å². The van der Waals surface area contributed by atoms with Crippen LogP contribution < -0.4 is 0 Å². The number of halogens is 1. The van der Waals surface area contributed by atoms with Crippen molar-refractivity contribution in [3.63, 3.8) is 0 Å². The van der Waals surface area contributed by atoms with Crippen LogP contribution in [0.15, 0.2) is 36.0 Å². The van der Waals surface area contributed by atoms with Gasteiger partial charge in [-0.15, -0.1) is 0 Å². The zero-order valence-corrected chi connectivity index (χ0v) is 10.3. The molecule has 1 aromatic rings. The summed E-state index contributed by atoms with van der Waals surface area (Å²) in [5, 5.41) is 0. The van der Waals surface area contributed by atoms with Crippen molar-refractivity contribution in [1.82, 2.24) is 0 Å². The Bertz CT molecular complexity index is 269. The van der Waals surface area contributed by atoms with Gasteiger partial charge < -0.3 is 0 Å². The van der Waals surface area contributed by atoms with Crippen LogP contribution in [0.5, 0.6) is 0 Å². The lowest BCUT2D eigenvalue weighted by Gasteiger charge is -1.98. The number of hydrogen-bond acceptors (Lipinski definition) is 0. The third kappa shape index (κ3) is 4.63. The largest absolute Gasteiger partial charge is 0.192 e. The van der Waals surface area contributed by atoms with Crippen LogP contribution in [0.4, 0.5) is 0 Å². The summed E-state index contributed by atoms with van der Waals surface area (Å²) in [7, 11) is -0.758. The Labute approximate surface area is 92.9 Å². The van der Waals surface area contributed by atoms with Crippen molar-refractivity contribution >= 4 is 25.3 Å². The van der Waals surface area contributed by atoms with Gasteiger partial charge in [0.05, 0.1) is 0 Å². The van der Waals surface area contributed by atoms with E-state index in [-0.39, 0.29) is 0 Å². The first-order valence-electron chi connectivity index (χ1n) is 5.07. The van der Waals surface area contributed by atoms with Gasteiger partial charge in [-0.1, -0.05) is 61.9 Å². The van der Waals surface area contributed by atoms with E-state index in [1.807, 2.05) is 18.2 Å². The Morgan fingerprint density at radius 2 is 2.00 bits per heavy atom. The van der Waals surface area contributed by atoms with Gasteiger partial charge in [-0.05, 0) is 11.6 Å². The van der Waals surface area contributed by atoms with Gasteiger partial charge in [0, 0.05) is 0 Å². The van der Waals surface area contributed by atoms with E-state index in [4.69, 9.17) is 11.1 Å². The van der Waals surface area contributed by atoms with Gasteiger partial charge in [0.1, 0.15) is 0 Å². The fourth-order valence-corrected chi connectivity index (χ4v) is 3.00. The summed E-state index contributed by atoms with van der Waals surface area (Å²) >= 11 is 6.22. The van der Waals surface area contributed by atoms with E-state index >= 15 is 0 Å². The van der Waals surface area contributed by atoms with Crippen molar-refractivity contribution in [2.45, 2.75) is 25.8 Å². The maximum atomic E-state index is 6.22. The minimum Gasteiger partial charge on any atom is -0.163 e. The summed E-state index contributed by atoms with van der Waals surface area (Å²) < 4.78 is 0. The molecule has 0 N–H and O–H groups in total. The van der Waals surface area contributed by atoms with Crippen LogP contribution in [0.2, 0.25) is 6.04 Å². The molecular weight excluding hydrogens is 208 g/mol. The summed E-state index contributed by atoms with van der Waals surface area (Å²) in [5.41, 5.74) is 3.42. The van der Waals surface area contributed by atoms with Crippen molar-refractivity contribution in [2.24, 2.45) is 0 Å². The Morgan fingerprint density at radius 3 is 2.64 bits per heavy atom. The molecule has 0 bridgehead atoms. The van der Waals surface area contributed by atoms with Gasteiger partial charge in [0.2, 0.25) is 0 Å². The smallest absolute Gasteiger partial charge is 0.163 e. The maximum Gasteiger partial charge on any atom is 0.192 e. The molecule has 0 saturated carbocycles. The number of hydrogen-bond donors (Lipinski definition) is 0. The lowest BCUT2D eigenvalue weighted by molar-refractivity contribution is 0.879. The SMILES string of the molecule is CCCC[Si](Cl)C=Cc1ccccc1. The third-order valence-corrected chi connectivity index (χ3v) is 4.33. The topological polar surface area (TPSA) is 0 Å². The first-order chi connectivity index (χ1) is 6.83. The van der Waals surface area contributed by atoms with Crippen LogP contribution in [0.3, 0.4) is 0 Å². The second kappa shape index (κ2) is 6.85. The lowest BCUT2D eigenvalue weighted by Crippen LogP contribution is -1.97. The second-order valence-corrected chi connectivity index (χ2v) is 6.48. The predicted octanol–water partition coefficient (Wildman–Crippen LogP) is 4.27. The van der Waals surface area contributed by atoms with Crippen LogP contribution in [0.25, 0.3) is 6.08 Å². The number of rotatable bonds is 5. The molecule has 0 saturated heterocycles. The molecule has 0 aliphatic carbocycles. The summed E-state index contributed by atoms with van der Waals surface area (Å²) in [6.45, 7) is 2.20. The summed E-state index contributed by atoms with van der Waals surface area (Å²) in [6, 6.07) is 11.5. The van der Waals surface area contributed by atoms with Crippen LogP contribution >= 0.6 is 11.1 Å². The van der Waals surface area contributed by atoms with E-state index in [0.29, 0.717) is 0 Å². The molecule has 1 aromatic carbocycles. The van der Waals surface area contributed by atoms with Crippen LogP contribution in [-0.2, 0) is 0 Å².